The first-order valence-electron chi connectivity index (χ1n) is 6.43. The predicted octanol–water partition coefficient (Wildman–Crippen LogP) is 3.58. The highest BCUT2D eigenvalue weighted by atomic mass is 32.2. The van der Waals surface area contributed by atoms with Crippen LogP contribution in [0.15, 0.2) is 0 Å². The van der Waals surface area contributed by atoms with Gasteiger partial charge in [-0.2, -0.15) is 16.1 Å². The van der Waals surface area contributed by atoms with Crippen molar-refractivity contribution in [3.8, 4) is 0 Å². The number of aromatic nitrogens is 2. The Labute approximate surface area is 112 Å². The molecule has 0 saturated heterocycles. The van der Waals surface area contributed by atoms with Gasteiger partial charge in [0.15, 0.2) is 0 Å². The van der Waals surface area contributed by atoms with E-state index in [0.29, 0.717) is 6.04 Å². The van der Waals surface area contributed by atoms with Crippen LogP contribution in [0.5, 0.6) is 0 Å². The average molecular weight is 271 g/mol. The molecule has 1 aliphatic carbocycles. The Hall–Kier alpha value is -0.290. The summed E-state index contributed by atoms with van der Waals surface area (Å²) in [6.07, 6.45) is 9.55. The summed E-state index contributed by atoms with van der Waals surface area (Å²) < 4.78 is 4.37. The van der Waals surface area contributed by atoms with Crippen LogP contribution in [0, 0.1) is 0 Å². The van der Waals surface area contributed by atoms with Crippen LogP contribution >= 0.6 is 23.3 Å². The molecular weight excluding hydrogens is 250 g/mol. The van der Waals surface area contributed by atoms with E-state index in [1.807, 2.05) is 11.8 Å². The average Bonchev–Trinajstić information content (AvgIpc) is 2.78. The molecule has 1 aliphatic rings. The quantitative estimate of drug-likeness (QED) is 0.888. The van der Waals surface area contributed by atoms with Gasteiger partial charge >= 0.3 is 0 Å². The minimum absolute atomic E-state index is 0.612. The molecule has 1 N–H and O–H groups in total. The molecule has 1 saturated carbocycles. The van der Waals surface area contributed by atoms with Crippen molar-refractivity contribution < 1.29 is 0 Å². The lowest BCUT2D eigenvalue weighted by Crippen LogP contribution is -2.26. The number of rotatable bonds is 5. The highest BCUT2D eigenvalue weighted by Crippen LogP contribution is 2.28. The molecule has 0 unspecified atom stereocenters. The maximum Gasteiger partial charge on any atom is 0.202 e. The maximum absolute atomic E-state index is 4.52. The van der Waals surface area contributed by atoms with E-state index in [9.17, 15) is 0 Å². The van der Waals surface area contributed by atoms with Crippen LogP contribution in [0.1, 0.15) is 44.9 Å². The molecule has 0 spiro atoms. The van der Waals surface area contributed by atoms with Gasteiger partial charge < -0.3 is 5.32 Å². The van der Waals surface area contributed by atoms with Gasteiger partial charge in [0.05, 0.1) is 0 Å². The number of thioether (sulfide) groups is 1. The molecule has 0 aliphatic heterocycles. The molecule has 5 heteroatoms. The second-order valence-electron chi connectivity index (χ2n) is 4.62. The van der Waals surface area contributed by atoms with Crippen LogP contribution in [-0.4, -0.2) is 26.9 Å². The monoisotopic (exact) mass is 271 g/mol. The molecule has 0 aromatic carbocycles. The predicted molar refractivity (Wildman–Crippen MR) is 77.1 cm³/mol. The van der Waals surface area contributed by atoms with Gasteiger partial charge in [-0.05, 0) is 38.4 Å². The minimum Gasteiger partial charge on any atom is -0.358 e. The zero-order valence-electron chi connectivity index (χ0n) is 10.6. The normalized spacial score (nSPS) is 24.8. The number of anilines is 1. The lowest BCUT2D eigenvalue weighted by Gasteiger charge is -2.27. The summed E-state index contributed by atoms with van der Waals surface area (Å²) in [6, 6.07) is 0.612. The Balaban J connectivity index is 1.80. The molecule has 1 aromatic heterocycles. The SMILES string of the molecule is CCCc1nsc(NC2CCC(SC)CC2)n1. The maximum atomic E-state index is 4.52. The smallest absolute Gasteiger partial charge is 0.202 e. The molecule has 2 rings (SSSR count). The Morgan fingerprint density at radius 2 is 2.12 bits per heavy atom. The van der Waals surface area contributed by atoms with Crippen molar-refractivity contribution >= 4 is 28.4 Å². The van der Waals surface area contributed by atoms with Gasteiger partial charge in [0.25, 0.3) is 0 Å². The van der Waals surface area contributed by atoms with E-state index in [1.54, 1.807) is 0 Å². The molecule has 1 fully saturated rings. The number of hydrogen-bond donors (Lipinski definition) is 1. The summed E-state index contributed by atoms with van der Waals surface area (Å²) in [5, 5.41) is 5.43. The fraction of sp³-hybridized carbons (Fsp3) is 0.833. The zero-order chi connectivity index (χ0) is 12.1. The molecule has 96 valence electrons. The van der Waals surface area contributed by atoms with Gasteiger partial charge in [-0.3, -0.25) is 0 Å². The van der Waals surface area contributed by atoms with Gasteiger partial charge in [-0.1, -0.05) is 6.92 Å². The molecule has 1 heterocycles. The van der Waals surface area contributed by atoms with Crippen molar-refractivity contribution in [3.05, 3.63) is 5.82 Å². The van der Waals surface area contributed by atoms with Crippen molar-refractivity contribution in [1.82, 2.24) is 9.36 Å². The summed E-state index contributed by atoms with van der Waals surface area (Å²) in [5.74, 6) is 0.998. The number of nitrogens with one attached hydrogen (secondary N) is 1. The third-order valence-electron chi connectivity index (χ3n) is 3.28. The van der Waals surface area contributed by atoms with E-state index in [-0.39, 0.29) is 0 Å². The van der Waals surface area contributed by atoms with Crippen LogP contribution in [0.2, 0.25) is 0 Å². The van der Waals surface area contributed by atoms with Gasteiger partial charge in [-0.25, -0.2) is 4.98 Å². The van der Waals surface area contributed by atoms with Gasteiger partial charge in [0.2, 0.25) is 5.13 Å². The van der Waals surface area contributed by atoms with Crippen molar-refractivity contribution in [2.24, 2.45) is 0 Å². The highest BCUT2D eigenvalue weighted by molar-refractivity contribution is 7.99. The Morgan fingerprint density at radius 1 is 1.35 bits per heavy atom. The third kappa shape index (κ3) is 3.85. The van der Waals surface area contributed by atoms with Crippen LogP contribution in [-0.2, 0) is 6.42 Å². The summed E-state index contributed by atoms with van der Waals surface area (Å²) in [6.45, 7) is 2.16. The van der Waals surface area contributed by atoms with E-state index >= 15 is 0 Å². The fourth-order valence-electron chi connectivity index (χ4n) is 2.26. The lowest BCUT2D eigenvalue weighted by molar-refractivity contribution is 0.473. The largest absolute Gasteiger partial charge is 0.358 e. The van der Waals surface area contributed by atoms with E-state index in [1.165, 1.54) is 37.2 Å². The molecule has 0 bridgehead atoms. The second-order valence-corrected chi connectivity index (χ2v) is 6.51. The number of nitrogens with zero attached hydrogens (tertiary/aromatic N) is 2. The lowest BCUT2D eigenvalue weighted by atomic mass is 9.95. The molecule has 1 aromatic rings. The third-order valence-corrected chi connectivity index (χ3v) is 5.10. The molecular formula is C12H21N3S2. The van der Waals surface area contributed by atoms with Gasteiger partial charge in [-0.15, -0.1) is 0 Å². The van der Waals surface area contributed by atoms with Crippen molar-refractivity contribution in [1.29, 1.82) is 0 Å². The number of aryl methyl sites for hydroxylation is 1. The van der Waals surface area contributed by atoms with E-state index in [0.717, 1.165) is 29.0 Å². The van der Waals surface area contributed by atoms with Crippen LogP contribution in [0.4, 0.5) is 5.13 Å². The zero-order valence-corrected chi connectivity index (χ0v) is 12.2. The number of hydrogen-bond acceptors (Lipinski definition) is 5. The van der Waals surface area contributed by atoms with E-state index in [4.69, 9.17) is 0 Å². The Bertz CT molecular complexity index is 332. The highest BCUT2D eigenvalue weighted by Gasteiger charge is 2.21. The summed E-state index contributed by atoms with van der Waals surface area (Å²) in [5.41, 5.74) is 0. The minimum atomic E-state index is 0.612. The van der Waals surface area contributed by atoms with Crippen molar-refractivity contribution in [2.75, 3.05) is 11.6 Å². The molecule has 0 radical (unpaired) electrons. The van der Waals surface area contributed by atoms with Gasteiger partial charge in [0, 0.05) is 29.2 Å². The molecule has 0 amide bonds. The van der Waals surface area contributed by atoms with E-state index < -0.39 is 0 Å². The summed E-state index contributed by atoms with van der Waals surface area (Å²) in [7, 11) is 0. The first-order chi connectivity index (χ1) is 8.31. The van der Waals surface area contributed by atoms with Crippen molar-refractivity contribution in [3.63, 3.8) is 0 Å². The second kappa shape index (κ2) is 6.59. The summed E-state index contributed by atoms with van der Waals surface area (Å²) >= 11 is 3.52. The first-order valence-corrected chi connectivity index (χ1v) is 8.50. The van der Waals surface area contributed by atoms with E-state index in [2.05, 4.69) is 27.9 Å². The molecule has 0 atom stereocenters. The van der Waals surface area contributed by atoms with Crippen LogP contribution in [0.3, 0.4) is 0 Å². The Morgan fingerprint density at radius 3 is 2.76 bits per heavy atom. The molecule has 17 heavy (non-hydrogen) atoms. The topological polar surface area (TPSA) is 37.8 Å². The first kappa shape index (κ1) is 13.1. The molecule has 3 nitrogen and oxygen atoms in total. The standard InChI is InChI=1S/C12H21N3S2/c1-3-4-11-14-12(17-15-11)13-9-5-7-10(16-2)8-6-9/h9-10H,3-8H2,1-2H3,(H,13,14,15). The van der Waals surface area contributed by atoms with Crippen molar-refractivity contribution in [2.45, 2.75) is 56.7 Å². The van der Waals surface area contributed by atoms with Crippen LogP contribution < -0.4 is 5.32 Å². The van der Waals surface area contributed by atoms with Crippen LogP contribution in [0.25, 0.3) is 0 Å². The van der Waals surface area contributed by atoms with Gasteiger partial charge in [0.1, 0.15) is 5.82 Å². The Kier molecular flexibility index (Phi) is 5.10. The fourth-order valence-corrected chi connectivity index (χ4v) is 3.69. The summed E-state index contributed by atoms with van der Waals surface area (Å²) in [4.78, 5) is 4.52.